The lowest BCUT2D eigenvalue weighted by Gasteiger charge is -2.11. The Morgan fingerprint density at radius 3 is 3.00 bits per heavy atom. The van der Waals surface area contributed by atoms with Crippen molar-refractivity contribution in [1.82, 2.24) is 14.9 Å². The molecule has 90 valence electrons. The molecule has 0 saturated carbocycles. The van der Waals surface area contributed by atoms with Crippen molar-refractivity contribution in [3.8, 4) is 6.07 Å². The molecule has 0 bridgehead atoms. The van der Waals surface area contributed by atoms with Crippen LogP contribution < -0.4 is 10.9 Å². The SMILES string of the molecule is Cn1cc2cncc(C(C#N)NC=O)c2cc1=O. The third-order valence-electron chi connectivity index (χ3n) is 2.67. The van der Waals surface area contributed by atoms with Crippen LogP contribution in [0.2, 0.25) is 0 Å². The molecule has 0 radical (unpaired) electrons. The lowest BCUT2D eigenvalue weighted by atomic mass is 10.0. The number of amides is 1. The van der Waals surface area contributed by atoms with Gasteiger partial charge in [-0.15, -0.1) is 0 Å². The second-order valence-electron chi connectivity index (χ2n) is 3.80. The van der Waals surface area contributed by atoms with E-state index in [2.05, 4.69) is 10.3 Å². The largest absolute Gasteiger partial charge is 0.339 e. The van der Waals surface area contributed by atoms with Crippen molar-refractivity contribution in [2.45, 2.75) is 6.04 Å². The first-order valence-corrected chi connectivity index (χ1v) is 5.21. The molecule has 2 heterocycles. The van der Waals surface area contributed by atoms with Gasteiger partial charge in [0.25, 0.3) is 5.56 Å². The van der Waals surface area contributed by atoms with E-state index in [1.807, 2.05) is 6.07 Å². The van der Waals surface area contributed by atoms with Gasteiger partial charge >= 0.3 is 0 Å². The quantitative estimate of drug-likeness (QED) is 0.781. The topological polar surface area (TPSA) is 87.8 Å². The number of nitriles is 1. The van der Waals surface area contributed by atoms with Crippen LogP contribution in [0.3, 0.4) is 0 Å². The number of rotatable bonds is 3. The van der Waals surface area contributed by atoms with E-state index >= 15 is 0 Å². The number of carbonyl (C=O) groups excluding carboxylic acids is 1. The molecule has 18 heavy (non-hydrogen) atoms. The maximum Gasteiger partial charge on any atom is 0.250 e. The summed E-state index contributed by atoms with van der Waals surface area (Å²) in [5, 5.41) is 12.8. The van der Waals surface area contributed by atoms with E-state index in [9.17, 15) is 9.59 Å². The number of aromatic nitrogens is 2. The maximum absolute atomic E-state index is 11.6. The normalized spacial score (nSPS) is 11.8. The molecule has 6 nitrogen and oxygen atoms in total. The van der Waals surface area contributed by atoms with Gasteiger partial charge in [-0.1, -0.05) is 0 Å². The zero-order valence-electron chi connectivity index (χ0n) is 9.62. The number of nitrogens with one attached hydrogen (secondary N) is 1. The van der Waals surface area contributed by atoms with Gasteiger partial charge < -0.3 is 9.88 Å². The summed E-state index contributed by atoms with van der Waals surface area (Å²) in [7, 11) is 1.64. The van der Waals surface area contributed by atoms with Gasteiger partial charge in [0.1, 0.15) is 6.04 Å². The first kappa shape index (κ1) is 11.8. The van der Waals surface area contributed by atoms with E-state index in [-0.39, 0.29) is 5.56 Å². The Hall–Kier alpha value is -2.68. The van der Waals surface area contributed by atoms with Crippen LogP contribution in [-0.2, 0) is 11.8 Å². The molecule has 2 rings (SSSR count). The summed E-state index contributed by atoms with van der Waals surface area (Å²) < 4.78 is 1.43. The average Bonchev–Trinajstić information content (AvgIpc) is 2.37. The Balaban J connectivity index is 2.72. The number of hydrogen-bond donors (Lipinski definition) is 1. The average molecular weight is 242 g/mol. The van der Waals surface area contributed by atoms with E-state index in [1.165, 1.54) is 16.8 Å². The number of pyridine rings is 2. The first-order chi connectivity index (χ1) is 8.67. The number of carbonyl (C=O) groups is 1. The zero-order chi connectivity index (χ0) is 13.1. The molecule has 1 unspecified atom stereocenters. The Kier molecular flexibility index (Phi) is 3.06. The smallest absolute Gasteiger partial charge is 0.250 e. The van der Waals surface area contributed by atoms with Crippen molar-refractivity contribution in [2.24, 2.45) is 7.05 Å². The van der Waals surface area contributed by atoms with Crippen LogP contribution in [0.5, 0.6) is 0 Å². The molecule has 0 aliphatic rings. The summed E-state index contributed by atoms with van der Waals surface area (Å²) in [4.78, 5) is 26.1. The molecule has 0 fully saturated rings. The summed E-state index contributed by atoms with van der Waals surface area (Å²) >= 11 is 0. The fourth-order valence-corrected chi connectivity index (χ4v) is 1.77. The highest BCUT2D eigenvalue weighted by atomic mass is 16.1. The van der Waals surface area contributed by atoms with Crippen LogP contribution in [0, 0.1) is 11.3 Å². The Labute approximate surface area is 102 Å². The standard InChI is InChI=1S/C12H10N4O2/c1-16-6-8-4-14-5-10(9(8)2-12(16)18)11(3-13)15-7-17/h2,4-7,11H,1H3,(H,15,17). The van der Waals surface area contributed by atoms with Crippen molar-refractivity contribution in [1.29, 1.82) is 5.26 Å². The lowest BCUT2D eigenvalue weighted by molar-refractivity contribution is -0.109. The van der Waals surface area contributed by atoms with Crippen LogP contribution in [-0.4, -0.2) is 16.0 Å². The van der Waals surface area contributed by atoms with Gasteiger partial charge in [0, 0.05) is 42.7 Å². The Bertz CT molecular complexity index is 699. The zero-order valence-corrected chi connectivity index (χ0v) is 9.62. The summed E-state index contributed by atoms with van der Waals surface area (Å²) in [5.74, 6) is 0. The molecule has 0 spiro atoms. The molecule has 0 aromatic carbocycles. The summed E-state index contributed by atoms with van der Waals surface area (Å²) in [6.45, 7) is 0. The highest BCUT2D eigenvalue weighted by molar-refractivity contribution is 5.84. The monoisotopic (exact) mass is 242 g/mol. The van der Waals surface area contributed by atoms with Crippen molar-refractivity contribution >= 4 is 17.2 Å². The Morgan fingerprint density at radius 1 is 1.56 bits per heavy atom. The van der Waals surface area contributed by atoms with E-state index in [0.717, 1.165) is 5.39 Å². The van der Waals surface area contributed by atoms with Gasteiger partial charge in [0.2, 0.25) is 6.41 Å². The highest BCUT2D eigenvalue weighted by Crippen LogP contribution is 2.21. The van der Waals surface area contributed by atoms with E-state index in [4.69, 9.17) is 5.26 Å². The van der Waals surface area contributed by atoms with Gasteiger partial charge in [-0.2, -0.15) is 5.26 Å². The Morgan fingerprint density at radius 2 is 2.33 bits per heavy atom. The predicted molar refractivity (Wildman–Crippen MR) is 64.5 cm³/mol. The molecule has 2 aromatic rings. The van der Waals surface area contributed by atoms with Crippen molar-refractivity contribution in [2.75, 3.05) is 0 Å². The van der Waals surface area contributed by atoms with Gasteiger partial charge in [0.05, 0.1) is 6.07 Å². The molecule has 0 saturated heterocycles. The van der Waals surface area contributed by atoms with Crippen molar-refractivity contribution in [3.05, 3.63) is 40.6 Å². The van der Waals surface area contributed by atoms with Crippen LogP contribution in [0.15, 0.2) is 29.5 Å². The number of hydrogen-bond acceptors (Lipinski definition) is 4. The molecule has 1 amide bonds. The second kappa shape index (κ2) is 4.67. The van der Waals surface area contributed by atoms with Gasteiger partial charge in [-0.3, -0.25) is 14.6 Å². The molecule has 1 atom stereocenters. The van der Waals surface area contributed by atoms with Crippen LogP contribution in [0.25, 0.3) is 10.8 Å². The second-order valence-corrected chi connectivity index (χ2v) is 3.80. The number of nitrogens with zero attached hydrogens (tertiary/aromatic N) is 3. The fourth-order valence-electron chi connectivity index (χ4n) is 1.77. The molecular formula is C12H10N4O2. The third kappa shape index (κ3) is 1.94. The van der Waals surface area contributed by atoms with Crippen LogP contribution >= 0.6 is 0 Å². The summed E-state index contributed by atoms with van der Waals surface area (Å²) in [6, 6.07) is 2.57. The molecule has 0 aliphatic heterocycles. The minimum atomic E-state index is -0.814. The van der Waals surface area contributed by atoms with E-state index in [0.29, 0.717) is 17.4 Å². The van der Waals surface area contributed by atoms with Gasteiger partial charge in [-0.05, 0) is 5.39 Å². The molecular weight excluding hydrogens is 232 g/mol. The fraction of sp³-hybridized carbons (Fsp3) is 0.167. The minimum absolute atomic E-state index is 0.183. The first-order valence-electron chi connectivity index (χ1n) is 5.21. The summed E-state index contributed by atoms with van der Waals surface area (Å²) in [5.41, 5.74) is 0.331. The predicted octanol–water partition coefficient (Wildman–Crippen LogP) is 0.244. The van der Waals surface area contributed by atoms with Gasteiger partial charge in [0.15, 0.2) is 0 Å². The molecule has 2 aromatic heterocycles. The van der Waals surface area contributed by atoms with E-state index in [1.54, 1.807) is 19.4 Å². The molecule has 0 aliphatic carbocycles. The van der Waals surface area contributed by atoms with Crippen molar-refractivity contribution in [3.63, 3.8) is 0 Å². The molecule has 6 heteroatoms. The van der Waals surface area contributed by atoms with E-state index < -0.39 is 6.04 Å². The van der Waals surface area contributed by atoms with Crippen LogP contribution in [0.1, 0.15) is 11.6 Å². The van der Waals surface area contributed by atoms with Gasteiger partial charge in [-0.25, -0.2) is 0 Å². The van der Waals surface area contributed by atoms with Crippen LogP contribution in [0.4, 0.5) is 0 Å². The molecule has 1 N–H and O–H groups in total. The maximum atomic E-state index is 11.6. The highest BCUT2D eigenvalue weighted by Gasteiger charge is 2.13. The minimum Gasteiger partial charge on any atom is -0.339 e. The lowest BCUT2D eigenvalue weighted by Crippen LogP contribution is -2.20. The number of aryl methyl sites for hydroxylation is 1. The summed E-state index contributed by atoms with van der Waals surface area (Å²) in [6.07, 6.45) is 5.18. The van der Waals surface area contributed by atoms with Crippen molar-refractivity contribution < 1.29 is 4.79 Å². The number of fused-ring (bicyclic) bond motifs is 1. The third-order valence-corrected chi connectivity index (χ3v) is 2.67.